The highest BCUT2D eigenvalue weighted by molar-refractivity contribution is 6.36. The van der Waals surface area contributed by atoms with Gasteiger partial charge in [0.2, 0.25) is 0 Å². The Morgan fingerprint density at radius 3 is 2.86 bits per heavy atom. The van der Waals surface area contributed by atoms with Gasteiger partial charge in [0.15, 0.2) is 0 Å². The molecule has 4 heteroatoms. The molecule has 1 aromatic heterocycles. The lowest BCUT2D eigenvalue weighted by Gasteiger charge is -1.98. The number of benzene rings is 2. The number of hydrogen-bond donors (Lipinski definition) is 0. The van der Waals surface area contributed by atoms with Crippen LogP contribution in [-0.4, -0.2) is 10.3 Å². The summed E-state index contributed by atoms with van der Waals surface area (Å²) in [4.78, 5) is 0. The van der Waals surface area contributed by atoms with Gasteiger partial charge in [-0.25, -0.2) is 4.63 Å². The first kappa shape index (κ1) is 7.76. The van der Waals surface area contributed by atoms with Crippen molar-refractivity contribution in [1.29, 1.82) is 0 Å². The summed E-state index contributed by atoms with van der Waals surface area (Å²) >= 11 is 6.05. The first-order chi connectivity index (χ1) is 6.86. The van der Waals surface area contributed by atoms with Crippen LogP contribution < -0.4 is 0 Å². The predicted molar refractivity (Wildman–Crippen MR) is 54.3 cm³/mol. The summed E-state index contributed by atoms with van der Waals surface area (Å²) in [6, 6.07) is 9.46. The summed E-state index contributed by atoms with van der Waals surface area (Å²) in [7, 11) is 0. The Morgan fingerprint density at radius 2 is 1.93 bits per heavy atom. The highest BCUT2D eigenvalue weighted by Crippen LogP contribution is 2.27. The minimum Gasteiger partial charge on any atom is -0.243 e. The van der Waals surface area contributed by atoms with Crippen molar-refractivity contribution in [2.75, 3.05) is 0 Å². The molecular formula is C10H5ClN2O. The van der Waals surface area contributed by atoms with E-state index in [0.29, 0.717) is 5.02 Å². The van der Waals surface area contributed by atoms with Crippen LogP contribution >= 0.6 is 11.6 Å². The van der Waals surface area contributed by atoms with Gasteiger partial charge in [0, 0.05) is 15.8 Å². The summed E-state index contributed by atoms with van der Waals surface area (Å²) in [6.07, 6.45) is 0. The van der Waals surface area contributed by atoms with E-state index in [2.05, 4.69) is 14.9 Å². The molecule has 0 bridgehead atoms. The summed E-state index contributed by atoms with van der Waals surface area (Å²) in [5.74, 6) is 0. The van der Waals surface area contributed by atoms with Crippen LogP contribution in [0.3, 0.4) is 0 Å². The maximum absolute atomic E-state index is 6.05. The van der Waals surface area contributed by atoms with Crippen LogP contribution in [0.15, 0.2) is 35.0 Å². The van der Waals surface area contributed by atoms with E-state index in [4.69, 9.17) is 11.6 Å². The summed E-state index contributed by atoms with van der Waals surface area (Å²) < 4.78 is 4.67. The van der Waals surface area contributed by atoms with E-state index >= 15 is 0 Å². The zero-order chi connectivity index (χ0) is 9.54. The predicted octanol–water partition coefficient (Wildman–Crippen LogP) is 3.03. The number of rotatable bonds is 0. The van der Waals surface area contributed by atoms with Gasteiger partial charge in [-0.3, -0.25) is 0 Å². The van der Waals surface area contributed by atoms with Gasteiger partial charge in [0.25, 0.3) is 0 Å². The van der Waals surface area contributed by atoms with Crippen LogP contribution in [0.4, 0.5) is 0 Å². The van der Waals surface area contributed by atoms with Gasteiger partial charge >= 0.3 is 0 Å². The molecule has 3 aromatic rings. The van der Waals surface area contributed by atoms with E-state index in [0.717, 1.165) is 21.8 Å². The molecule has 68 valence electrons. The van der Waals surface area contributed by atoms with Crippen LogP contribution in [0, 0.1) is 0 Å². The average molecular weight is 205 g/mol. The molecular weight excluding hydrogens is 200 g/mol. The van der Waals surface area contributed by atoms with E-state index in [1.54, 1.807) is 0 Å². The quantitative estimate of drug-likeness (QED) is 0.565. The smallest absolute Gasteiger partial charge is 0.143 e. The average Bonchev–Trinajstić information content (AvgIpc) is 2.66. The van der Waals surface area contributed by atoms with E-state index in [1.807, 2.05) is 30.3 Å². The minimum absolute atomic E-state index is 0.715. The lowest BCUT2D eigenvalue weighted by molar-refractivity contribution is 0.316. The molecule has 0 unspecified atom stereocenters. The Labute approximate surface area is 84.2 Å². The second-order valence-electron chi connectivity index (χ2n) is 3.03. The largest absolute Gasteiger partial charge is 0.243 e. The molecule has 0 amide bonds. The summed E-state index contributed by atoms with van der Waals surface area (Å²) in [5.41, 5.74) is 1.50. The van der Waals surface area contributed by atoms with Gasteiger partial charge in [0.1, 0.15) is 11.0 Å². The monoisotopic (exact) mass is 204 g/mol. The Hall–Kier alpha value is -1.61. The molecule has 14 heavy (non-hydrogen) atoms. The van der Waals surface area contributed by atoms with Crippen molar-refractivity contribution in [3.05, 3.63) is 35.4 Å². The Balaban J connectivity index is 2.64. The van der Waals surface area contributed by atoms with Crippen molar-refractivity contribution < 1.29 is 4.63 Å². The van der Waals surface area contributed by atoms with Crippen LogP contribution in [0.2, 0.25) is 5.02 Å². The number of aromatic nitrogens is 2. The summed E-state index contributed by atoms with van der Waals surface area (Å²) in [5, 5.41) is 10.3. The van der Waals surface area contributed by atoms with Gasteiger partial charge in [-0.1, -0.05) is 29.8 Å². The number of nitrogens with zero attached hydrogens (tertiary/aromatic N) is 2. The molecule has 3 rings (SSSR count). The van der Waals surface area contributed by atoms with Crippen molar-refractivity contribution in [2.45, 2.75) is 0 Å². The van der Waals surface area contributed by atoms with Crippen LogP contribution in [0.1, 0.15) is 0 Å². The highest BCUT2D eigenvalue weighted by atomic mass is 35.5. The topological polar surface area (TPSA) is 38.9 Å². The van der Waals surface area contributed by atoms with Gasteiger partial charge in [-0.05, 0) is 22.4 Å². The maximum Gasteiger partial charge on any atom is 0.143 e. The Kier molecular flexibility index (Phi) is 1.49. The van der Waals surface area contributed by atoms with Gasteiger partial charge in [-0.2, -0.15) is 0 Å². The molecule has 0 N–H and O–H groups in total. The van der Waals surface area contributed by atoms with Crippen LogP contribution in [0.5, 0.6) is 0 Å². The molecule has 0 spiro atoms. The van der Waals surface area contributed by atoms with Crippen molar-refractivity contribution >= 4 is 33.4 Å². The van der Waals surface area contributed by atoms with Gasteiger partial charge in [0.05, 0.1) is 0 Å². The zero-order valence-corrected chi connectivity index (χ0v) is 7.82. The van der Waals surface area contributed by atoms with E-state index in [-0.39, 0.29) is 0 Å². The minimum atomic E-state index is 0.715. The number of hydrogen-bond acceptors (Lipinski definition) is 3. The Morgan fingerprint density at radius 1 is 1.00 bits per heavy atom. The molecule has 2 aromatic carbocycles. The third-order valence-corrected chi connectivity index (χ3v) is 2.56. The van der Waals surface area contributed by atoms with Crippen LogP contribution in [-0.2, 0) is 0 Å². The first-order valence-electron chi connectivity index (χ1n) is 4.16. The van der Waals surface area contributed by atoms with E-state index < -0.39 is 0 Å². The fraction of sp³-hybridized carbons (Fsp3) is 0. The first-order valence-corrected chi connectivity index (χ1v) is 4.53. The lowest BCUT2D eigenvalue weighted by Crippen LogP contribution is -1.76. The zero-order valence-electron chi connectivity index (χ0n) is 7.07. The summed E-state index contributed by atoms with van der Waals surface area (Å²) in [6.45, 7) is 0. The van der Waals surface area contributed by atoms with Crippen molar-refractivity contribution in [1.82, 2.24) is 10.3 Å². The molecule has 1 heterocycles. The lowest BCUT2D eigenvalue weighted by atomic mass is 10.1. The number of fused-ring (bicyclic) bond motifs is 3. The van der Waals surface area contributed by atoms with E-state index in [1.165, 1.54) is 0 Å². The molecule has 0 fully saturated rings. The van der Waals surface area contributed by atoms with Gasteiger partial charge < -0.3 is 0 Å². The second-order valence-corrected chi connectivity index (χ2v) is 3.44. The SMILES string of the molecule is Clc1cccc2c1ccc1nonc12. The fourth-order valence-electron chi connectivity index (χ4n) is 1.57. The molecule has 3 nitrogen and oxygen atoms in total. The second kappa shape index (κ2) is 2.69. The Bertz CT molecular complexity index is 618. The van der Waals surface area contributed by atoms with Crippen LogP contribution in [0.25, 0.3) is 21.8 Å². The molecule has 0 atom stereocenters. The maximum atomic E-state index is 6.05. The normalized spacial score (nSPS) is 11.2. The fourth-order valence-corrected chi connectivity index (χ4v) is 1.80. The highest BCUT2D eigenvalue weighted by Gasteiger charge is 2.06. The molecule has 0 saturated heterocycles. The molecule has 0 aliphatic carbocycles. The van der Waals surface area contributed by atoms with E-state index in [9.17, 15) is 0 Å². The molecule has 0 radical (unpaired) electrons. The third-order valence-electron chi connectivity index (χ3n) is 2.23. The van der Waals surface area contributed by atoms with Crippen molar-refractivity contribution in [2.24, 2.45) is 0 Å². The van der Waals surface area contributed by atoms with Crippen molar-refractivity contribution in [3.8, 4) is 0 Å². The van der Waals surface area contributed by atoms with Gasteiger partial charge in [-0.15, -0.1) is 0 Å². The molecule has 0 aliphatic heterocycles. The standard InChI is InChI=1S/C10H5ClN2O/c11-8-3-1-2-7-6(8)4-5-9-10(7)13-14-12-9/h1-5H. The number of halogens is 1. The van der Waals surface area contributed by atoms with Crippen molar-refractivity contribution in [3.63, 3.8) is 0 Å². The molecule has 0 saturated carbocycles. The third kappa shape index (κ3) is 0.930. The molecule has 0 aliphatic rings.